The summed E-state index contributed by atoms with van der Waals surface area (Å²) >= 11 is 15.8. The van der Waals surface area contributed by atoms with Crippen LogP contribution in [0.1, 0.15) is 19.4 Å². The SMILES string of the molecule is CC(C)Oc1ccc(/C=C2\SC(=S)N(c3ccc(F)c(Cl)c3)C2=O)cc1Br. The smallest absolute Gasteiger partial charge is 0.270 e. The van der Waals surface area contributed by atoms with Gasteiger partial charge in [0.25, 0.3) is 5.91 Å². The van der Waals surface area contributed by atoms with Crippen LogP contribution in [0.5, 0.6) is 5.75 Å². The first-order chi connectivity index (χ1) is 12.8. The Morgan fingerprint density at radius 2 is 2.04 bits per heavy atom. The minimum atomic E-state index is -0.546. The molecule has 1 heterocycles. The molecule has 0 aromatic heterocycles. The summed E-state index contributed by atoms with van der Waals surface area (Å²) in [6.45, 7) is 3.90. The van der Waals surface area contributed by atoms with Crippen molar-refractivity contribution in [2.24, 2.45) is 0 Å². The normalized spacial score (nSPS) is 15.9. The number of benzene rings is 2. The van der Waals surface area contributed by atoms with Crippen LogP contribution in [0.4, 0.5) is 10.1 Å². The summed E-state index contributed by atoms with van der Waals surface area (Å²) in [7, 11) is 0. The molecule has 0 unspecified atom stereocenters. The van der Waals surface area contributed by atoms with E-state index < -0.39 is 5.82 Å². The minimum Gasteiger partial charge on any atom is -0.490 e. The predicted molar refractivity (Wildman–Crippen MR) is 117 cm³/mol. The van der Waals surface area contributed by atoms with Gasteiger partial charge >= 0.3 is 0 Å². The minimum absolute atomic E-state index is 0.0600. The van der Waals surface area contributed by atoms with Crippen molar-refractivity contribution >= 4 is 73.5 Å². The number of halogens is 3. The summed E-state index contributed by atoms with van der Waals surface area (Å²) in [5.41, 5.74) is 1.27. The number of amides is 1. The third-order valence-corrected chi connectivity index (χ3v) is 5.78. The highest BCUT2D eigenvalue weighted by atomic mass is 79.9. The van der Waals surface area contributed by atoms with Gasteiger partial charge in [0.15, 0.2) is 4.32 Å². The number of carbonyl (C=O) groups excluding carboxylic acids is 1. The van der Waals surface area contributed by atoms with Gasteiger partial charge in [-0.25, -0.2) is 4.39 Å². The zero-order valence-corrected chi connectivity index (χ0v) is 18.3. The van der Waals surface area contributed by atoms with Crippen LogP contribution in [0.25, 0.3) is 6.08 Å². The van der Waals surface area contributed by atoms with E-state index in [9.17, 15) is 9.18 Å². The van der Waals surface area contributed by atoms with E-state index in [2.05, 4.69) is 15.9 Å². The second-order valence-electron chi connectivity index (χ2n) is 5.97. The maximum absolute atomic E-state index is 13.4. The van der Waals surface area contributed by atoms with E-state index in [1.807, 2.05) is 32.0 Å². The number of ether oxygens (including phenoxy) is 1. The zero-order valence-electron chi connectivity index (χ0n) is 14.3. The molecule has 1 fully saturated rings. The molecule has 0 aliphatic carbocycles. The van der Waals surface area contributed by atoms with Gasteiger partial charge in [0.05, 0.1) is 26.2 Å². The van der Waals surface area contributed by atoms with E-state index >= 15 is 0 Å². The molecule has 3 rings (SSSR count). The summed E-state index contributed by atoms with van der Waals surface area (Å²) in [5.74, 6) is -0.0862. The average Bonchev–Trinajstić information content (AvgIpc) is 2.86. The number of rotatable bonds is 4. The Balaban J connectivity index is 1.88. The van der Waals surface area contributed by atoms with E-state index in [1.165, 1.54) is 34.9 Å². The molecule has 0 bridgehead atoms. The quantitative estimate of drug-likeness (QED) is 0.368. The fourth-order valence-electron chi connectivity index (χ4n) is 2.42. The maximum atomic E-state index is 13.4. The number of hydrogen-bond acceptors (Lipinski definition) is 4. The van der Waals surface area contributed by atoms with Crippen molar-refractivity contribution in [1.82, 2.24) is 0 Å². The molecule has 140 valence electrons. The van der Waals surface area contributed by atoms with Crippen molar-refractivity contribution in [3.8, 4) is 5.75 Å². The highest BCUT2D eigenvalue weighted by Gasteiger charge is 2.33. The van der Waals surface area contributed by atoms with Gasteiger partial charge in [0.2, 0.25) is 0 Å². The van der Waals surface area contributed by atoms with E-state index in [-0.39, 0.29) is 17.0 Å². The van der Waals surface area contributed by atoms with E-state index in [4.69, 9.17) is 28.6 Å². The highest BCUT2D eigenvalue weighted by molar-refractivity contribution is 9.10. The zero-order chi connectivity index (χ0) is 19.7. The third-order valence-electron chi connectivity index (χ3n) is 3.57. The molecule has 0 radical (unpaired) electrons. The van der Waals surface area contributed by atoms with Gasteiger partial charge in [-0.2, -0.15) is 0 Å². The van der Waals surface area contributed by atoms with Gasteiger partial charge < -0.3 is 4.74 Å². The van der Waals surface area contributed by atoms with Gasteiger partial charge in [0, 0.05) is 0 Å². The van der Waals surface area contributed by atoms with Crippen molar-refractivity contribution in [3.63, 3.8) is 0 Å². The Hall–Kier alpha value is -1.41. The highest BCUT2D eigenvalue weighted by Crippen LogP contribution is 2.37. The first-order valence-corrected chi connectivity index (χ1v) is 10.3. The summed E-state index contributed by atoms with van der Waals surface area (Å²) < 4.78 is 20.3. The Labute approximate surface area is 179 Å². The molecule has 8 heteroatoms. The Kier molecular flexibility index (Phi) is 6.25. The molecule has 0 N–H and O–H groups in total. The molecule has 1 aliphatic rings. The second-order valence-corrected chi connectivity index (χ2v) is 8.91. The van der Waals surface area contributed by atoms with Crippen LogP contribution in [-0.2, 0) is 4.79 Å². The van der Waals surface area contributed by atoms with Crippen LogP contribution in [0, 0.1) is 5.82 Å². The standard InChI is InChI=1S/C19H14BrClFNO2S2/c1-10(2)25-16-6-3-11(7-13(16)20)8-17-18(24)23(19(26)27-17)12-4-5-15(22)14(21)9-12/h3-10H,1-2H3/b17-8-. The van der Waals surface area contributed by atoms with Crippen LogP contribution in [0.3, 0.4) is 0 Å². The molecular formula is C19H14BrClFNO2S2. The van der Waals surface area contributed by atoms with Gasteiger partial charge in [-0.15, -0.1) is 0 Å². The molecule has 3 nitrogen and oxygen atoms in total. The van der Waals surface area contributed by atoms with Crippen molar-refractivity contribution in [3.05, 3.63) is 62.2 Å². The molecule has 0 saturated carbocycles. The first kappa shape index (κ1) is 20.3. The molecule has 27 heavy (non-hydrogen) atoms. The third kappa shape index (κ3) is 4.54. The van der Waals surface area contributed by atoms with E-state index in [1.54, 1.807) is 6.08 Å². The van der Waals surface area contributed by atoms with Gasteiger partial charge in [-0.1, -0.05) is 41.6 Å². The predicted octanol–water partition coefficient (Wildman–Crippen LogP) is 6.43. The number of carbonyl (C=O) groups is 1. The number of hydrogen-bond donors (Lipinski definition) is 0. The lowest BCUT2D eigenvalue weighted by Gasteiger charge is -2.14. The van der Waals surface area contributed by atoms with E-state index in [0.717, 1.165) is 15.8 Å². The van der Waals surface area contributed by atoms with Crippen LogP contribution >= 0.6 is 51.5 Å². The number of anilines is 1. The fraction of sp³-hybridized carbons (Fsp3) is 0.158. The van der Waals surface area contributed by atoms with Crippen LogP contribution in [0.15, 0.2) is 45.8 Å². The largest absolute Gasteiger partial charge is 0.490 e. The summed E-state index contributed by atoms with van der Waals surface area (Å²) in [4.78, 5) is 14.6. The van der Waals surface area contributed by atoms with Crippen molar-refractivity contribution in [2.45, 2.75) is 20.0 Å². The van der Waals surface area contributed by atoms with Gasteiger partial charge in [0.1, 0.15) is 11.6 Å². The lowest BCUT2D eigenvalue weighted by molar-refractivity contribution is -0.113. The second kappa shape index (κ2) is 8.31. The summed E-state index contributed by atoms with van der Waals surface area (Å²) in [5, 5.41) is -0.0600. The topological polar surface area (TPSA) is 29.5 Å². The molecule has 1 saturated heterocycles. The molecule has 1 amide bonds. The Morgan fingerprint density at radius 3 is 2.67 bits per heavy atom. The Morgan fingerprint density at radius 1 is 1.30 bits per heavy atom. The molecule has 1 aliphatic heterocycles. The first-order valence-electron chi connectivity index (χ1n) is 7.95. The lowest BCUT2D eigenvalue weighted by atomic mass is 10.2. The van der Waals surface area contributed by atoms with E-state index in [0.29, 0.717) is 14.9 Å². The molecule has 0 atom stereocenters. The molecule has 2 aromatic carbocycles. The maximum Gasteiger partial charge on any atom is 0.270 e. The summed E-state index contributed by atoms with van der Waals surface area (Å²) in [6, 6.07) is 9.66. The molecule has 0 spiro atoms. The van der Waals surface area contributed by atoms with Crippen LogP contribution in [-0.4, -0.2) is 16.3 Å². The Bertz CT molecular complexity index is 965. The molecule has 2 aromatic rings. The average molecular weight is 487 g/mol. The van der Waals surface area contributed by atoms with Crippen molar-refractivity contribution < 1.29 is 13.9 Å². The number of thioether (sulfide) groups is 1. The molecular weight excluding hydrogens is 473 g/mol. The van der Waals surface area contributed by atoms with Gasteiger partial charge in [-0.3, -0.25) is 9.69 Å². The van der Waals surface area contributed by atoms with Crippen LogP contribution in [0.2, 0.25) is 5.02 Å². The summed E-state index contributed by atoms with van der Waals surface area (Å²) in [6.07, 6.45) is 1.82. The van der Waals surface area contributed by atoms with Gasteiger partial charge in [-0.05, 0) is 71.7 Å². The fourth-order valence-corrected chi connectivity index (χ4v) is 4.39. The lowest BCUT2D eigenvalue weighted by Crippen LogP contribution is -2.27. The monoisotopic (exact) mass is 485 g/mol. The number of thiocarbonyl (C=S) groups is 1. The number of nitrogens with zero attached hydrogens (tertiary/aromatic N) is 1. The van der Waals surface area contributed by atoms with Crippen LogP contribution < -0.4 is 9.64 Å². The van der Waals surface area contributed by atoms with Crippen molar-refractivity contribution in [1.29, 1.82) is 0 Å². The van der Waals surface area contributed by atoms with Crippen molar-refractivity contribution in [2.75, 3.05) is 4.90 Å².